The van der Waals surface area contributed by atoms with E-state index in [0.29, 0.717) is 31.8 Å². The molecule has 20 heavy (non-hydrogen) atoms. The van der Waals surface area contributed by atoms with Gasteiger partial charge in [-0.05, 0) is 44.7 Å². The predicted molar refractivity (Wildman–Crippen MR) is 80.9 cm³/mol. The Hall–Kier alpha value is -0.810. The van der Waals surface area contributed by atoms with Gasteiger partial charge < -0.3 is 15.5 Å². The smallest absolute Gasteiger partial charge is 0.242 e. The molecule has 0 aromatic rings. The van der Waals surface area contributed by atoms with Crippen LogP contribution in [0, 0.1) is 5.92 Å². The van der Waals surface area contributed by atoms with Gasteiger partial charge in [-0.1, -0.05) is 6.92 Å². The monoisotopic (exact) mass is 303 g/mol. The first-order valence-corrected chi connectivity index (χ1v) is 7.50. The van der Waals surface area contributed by atoms with Crippen LogP contribution in [0.2, 0.25) is 0 Å². The molecule has 0 aromatic carbocycles. The number of rotatable bonds is 4. The Morgan fingerprint density at radius 1 is 1.30 bits per heavy atom. The van der Waals surface area contributed by atoms with Crippen molar-refractivity contribution in [2.45, 2.75) is 45.1 Å². The number of piperidine rings is 1. The molecule has 2 N–H and O–H groups in total. The lowest BCUT2D eigenvalue weighted by Crippen LogP contribution is -2.56. The van der Waals surface area contributed by atoms with E-state index in [1.807, 2.05) is 6.92 Å². The van der Waals surface area contributed by atoms with E-state index < -0.39 is 0 Å². The van der Waals surface area contributed by atoms with Gasteiger partial charge in [0.2, 0.25) is 11.8 Å². The molecule has 6 heteroatoms. The van der Waals surface area contributed by atoms with Crippen LogP contribution in [0.3, 0.4) is 0 Å². The molecule has 1 unspecified atom stereocenters. The predicted octanol–water partition coefficient (Wildman–Crippen LogP) is 0.925. The normalized spacial score (nSPS) is 23.9. The Morgan fingerprint density at radius 3 is 2.65 bits per heavy atom. The average molecular weight is 304 g/mol. The fourth-order valence-corrected chi connectivity index (χ4v) is 3.06. The van der Waals surface area contributed by atoms with Gasteiger partial charge in [0.25, 0.3) is 0 Å². The first-order valence-electron chi connectivity index (χ1n) is 7.50. The zero-order chi connectivity index (χ0) is 13.7. The van der Waals surface area contributed by atoms with E-state index in [1.165, 1.54) is 12.8 Å². The molecule has 2 heterocycles. The molecule has 0 saturated carbocycles. The van der Waals surface area contributed by atoms with Gasteiger partial charge >= 0.3 is 0 Å². The molecule has 0 spiro atoms. The van der Waals surface area contributed by atoms with Crippen molar-refractivity contribution in [3.63, 3.8) is 0 Å². The summed E-state index contributed by atoms with van der Waals surface area (Å²) in [4.78, 5) is 25.8. The molecule has 2 rings (SSSR count). The van der Waals surface area contributed by atoms with Crippen LogP contribution >= 0.6 is 12.4 Å². The van der Waals surface area contributed by atoms with Crippen molar-refractivity contribution in [3.05, 3.63) is 0 Å². The van der Waals surface area contributed by atoms with Gasteiger partial charge in [-0.15, -0.1) is 12.4 Å². The van der Waals surface area contributed by atoms with Gasteiger partial charge in [-0.3, -0.25) is 9.59 Å². The summed E-state index contributed by atoms with van der Waals surface area (Å²) in [6.07, 6.45) is 4.60. The van der Waals surface area contributed by atoms with Crippen LogP contribution in [0.1, 0.15) is 39.0 Å². The largest absolute Gasteiger partial charge is 0.353 e. The van der Waals surface area contributed by atoms with Crippen molar-refractivity contribution >= 4 is 24.2 Å². The van der Waals surface area contributed by atoms with Crippen LogP contribution in [0.25, 0.3) is 0 Å². The van der Waals surface area contributed by atoms with Crippen molar-refractivity contribution in [1.82, 2.24) is 15.5 Å². The molecule has 0 aromatic heterocycles. The van der Waals surface area contributed by atoms with Crippen LogP contribution in [0.5, 0.6) is 0 Å². The summed E-state index contributed by atoms with van der Waals surface area (Å²) in [6, 6.07) is -0.255. The lowest BCUT2D eigenvalue weighted by atomic mass is 9.93. The minimum atomic E-state index is -0.255. The van der Waals surface area contributed by atoms with E-state index in [1.54, 1.807) is 4.90 Å². The number of nitrogens with zero attached hydrogens (tertiary/aromatic N) is 1. The highest BCUT2D eigenvalue weighted by Crippen LogP contribution is 2.19. The van der Waals surface area contributed by atoms with Gasteiger partial charge in [0, 0.05) is 19.5 Å². The molecule has 2 aliphatic heterocycles. The molecule has 0 bridgehead atoms. The number of halogens is 1. The standard InChI is InChI=1S/C14H25N3O2.ClH/c1-2-12-14(19)16-9-10-17(12)13(18)4-3-11-5-7-15-8-6-11;/h11-12,15H,2-10H2,1H3,(H,16,19);1H. The average Bonchev–Trinajstić information content (AvgIpc) is 2.45. The van der Waals surface area contributed by atoms with Crippen molar-refractivity contribution in [2.24, 2.45) is 5.92 Å². The molecular formula is C14H26ClN3O2. The van der Waals surface area contributed by atoms with Crippen molar-refractivity contribution in [1.29, 1.82) is 0 Å². The summed E-state index contributed by atoms with van der Waals surface area (Å²) in [5, 5.41) is 6.17. The highest BCUT2D eigenvalue weighted by molar-refractivity contribution is 5.88. The number of hydrogen-bond acceptors (Lipinski definition) is 3. The minimum absolute atomic E-state index is 0. The number of amides is 2. The van der Waals surface area contributed by atoms with Crippen molar-refractivity contribution < 1.29 is 9.59 Å². The second kappa shape index (κ2) is 8.47. The zero-order valence-electron chi connectivity index (χ0n) is 12.2. The highest BCUT2D eigenvalue weighted by atomic mass is 35.5. The lowest BCUT2D eigenvalue weighted by molar-refractivity contribution is -0.143. The quantitative estimate of drug-likeness (QED) is 0.812. The molecule has 2 fully saturated rings. The third kappa shape index (κ3) is 4.35. The highest BCUT2D eigenvalue weighted by Gasteiger charge is 2.31. The molecular weight excluding hydrogens is 278 g/mol. The van der Waals surface area contributed by atoms with Crippen LogP contribution < -0.4 is 10.6 Å². The Balaban J connectivity index is 0.00000200. The van der Waals surface area contributed by atoms with E-state index >= 15 is 0 Å². The summed E-state index contributed by atoms with van der Waals surface area (Å²) in [5.41, 5.74) is 0. The second-order valence-electron chi connectivity index (χ2n) is 5.53. The Morgan fingerprint density at radius 2 is 2.00 bits per heavy atom. The molecule has 2 amide bonds. The summed E-state index contributed by atoms with van der Waals surface area (Å²) in [7, 11) is 0. The maximum atomic E-state index is 12.3. The third-order valence-electron chi connectivity index (χ3n) is 4.26. The van der Waals surface area contributed by atoms with Crippen LogP contribution in [0.4, 0.5) is 0 Å². The van der Waals surface area contributed by atoms with Gasteiger partial charge in [0.15, 0.2) is 0 Å². The molecule has 5 nitrogen and oxygen atoms in total. The van der Waals surface area contributed by atoms with Gasteiger partial charge in [-0.2, -0.15) is 0 Å². The Labute approximate surface area is 127 Å². The molecule has 0 aliphatic carbocycles. The maximum absolute atomic E-state index is 12.3. The van der Waals surface area contributed by atoms with Crippen LogP contribution in [-0.2, 0) is 9.59 Å². The van der Waals surface area contributed by atoms with E-state index in [-0.39, 0.29) is 30.3 Å². The summed E-state index contributed by atoms with van der Waals surface area (Å²) in [6.45, 7) is 5.36. The second-order valence-corrected chi connectivity index (χ2v) is 5.53. The Kier molecular flexibility index (Phi) is 7.30. The third-order valence-corrected chi connectivity index (χ3v) is 4.26. The van der Waals surface area contributed by atoms with Crippen molar-refractivity contribution in [3.8, 4) is 0 Å². The van der Waals surface area contributed by atoms with Gasteiger partial charge in [0.1, 0.15) is 6.04 Å². The molecule has 0 radical (unpaired) electrons. The zero-order valence-corrected chi connectivity index (χ0v) is 13.0. The molecule has 1 atom stereocenters. The fourth-order valence-electron chi connectivity index (χ4n) is 3.06. The number of carbonyl (C=O) groups excluding carboxylic acids is 2. The van der Waals surface area contributed by atoms with E-state index in [4.69, 9.17) is 0 Å². The minimum Gasteiger partial charge on any atom is -0.353 e. The van der Waals surface area contributed by atoms with E-state index in [2.05, 4.69) is 10.6 Å². The number of carbonyl (C=O) groups is 2. The van der Waals surface area contributed by atoms with E-state index in [9.17, 15) is 9.59 Å². The van der Waals surface area contributed by atoms with Crippen LogP contribution in [0.15, 0.2) is 0 Å². The van der Waals surface area contributed by atoms with Gasteiger partial charge in [-0.25, -0.2) is 0 Å². The molecule has 116 valence electrons. The number of hydrogen-bond donors (Lipinski definition) is 2. The van der Waals surface area contributed by atoms with Gasteiger partial charge in [0.05, 0.1) is 0 Å². The maximum Gasteiger partial charge on any atom is 0.242 e. The lowest BCUT2D eigenvalue weighted by Gasteiger charge is -2.35. The van der Waals surface area contributed by atoms with Crippen molar-refractivity contribution in [2.75, 3.05) is 26.2 Å². The first kappa shape index (κ1) is 17.2. The first-order chi connectivity index (χ1) is 9.22. The Bertz CT molecular complexity index is 332. The summed E-state index contributed by atoms with van der Waals surface area (Å²) in [5.74, 6) is 0.827. The molecule has 2 saturated heterocycles. The fraction of sp³-hybridized carbons (Fsp3) is 0.857. The molecule has 2 aliphatic rings. The topological polar surface area (TPSA) is 61.4 Å². The number of nitrogens with one attached hydrogen (secondary N) is 2. The SMILES string of the molecule is CCC1C(=O)NCCN1C(=O)CCC1CCNCC1.Cl. The van der Waals surface area contributed by atoms with Crippen LogP contribution in [-0.4, -0.2) is 48.9 Å². The summed E-state index contributed by atoms with van der Waals surface area (Å²) < 4.78 is 0. The van der Waals surface area contributed by atoms with E-state index in [0.717, 1.165) is 19.5 Å². The number of piperazine rings is 1. The summed E-state index contributed by atoms with van der Waals surface area (Å²) >= 11 is 0.